The summed E-state index contributed by atoms with van der Waals surface area (Å²) in [6, 6.07) is 12.0. The fourth-order valence-electron chi connectivity index (χ4n) is 1.84. The van der Waals surface area contributed by atoms with Crippen LogP contribution in [0.25, 0.3) is 0 Å². The molecule has 0 aromatic heterocycles. The molecule has 0 fully saturated rings. The van der Waals surface area contributed by atoms with Crippen LogP contribution in [0.1, 0.15) is 18.1 Å². The number of rotatable bonds is 4. The lowest BCUT2D eigenvalue weighted by Gasteiger charge is -2.06. The fourth-order valence-corrected chi connectivity index (χ4v) is 1.84. The fraction of sp³-hybridized carbons (Fsp3) is 0.188. The molecule has 4 nitrogen and oxygen atoms in total. The number of halogens is 2. The molecule has 0 aliphatic carbocycles. The van der Waals surface area contributed by atoms with Crippen molar-refractivity contribution in [2.45, 2.75) is 19.9 Å². The van der Waals surface area contributed by atoms with E-state index in [1.54, 1.807) is 6.07 Å². The van der Waals surface area contributed by atoms with Gasteiger partial charge < -0.3 is 16.2 Å². The summed E-state index contributed by atoms with van der Waals surface area (Å²) in [5, 5.41) is 12.1. The predicted molar refractivity (Wildman–Crippen MR) is 98.2 cm³/mol. The van der Waals surface area contributed by atoms with Gasteiger partial charge in [-0.05, 0) is 41.8 Å². The number of hydrogen-bond acceptors (Lipinski definition) is 2. The second kappa shape index (κ2) is 8.57. The average molecular weight is 415 g/mol. The van der Waals surface area contributed by atoms with Gasteiger partial charge in [0.25, 0.3) is 0 Å². The second-order valence-electron chi connectivity index (χ2n) is 4.66. The van der Waals surface area contributed by atoms with Gasteiger partial charge in [0.05, 0.1) is 6.54 Å². The number of hydrogen-bond donors (Lipinski definition) is 3. The Hall–Kier alpha value is -1.83. The Labute approximate surface area is 146 Å². The minimum absolute atomic E-state index is 0. The molecular formula is C16H19FIN3O. The predicted octanol–water partition coefficient (Wildman–Crippen LogP) is 3.64. The van der Waals surface area contributed by atoms with E-state index < -0.39 is 5.82 Å². The molecule has 0 atom stereocenters. The van der Waals surface area contributed by atoms with Gasteiger partial charge in [0, 0.05) is 5.69 Å². The third-order valence-corrected chi connectivity index (χ3v) is 3.08. The Morgan fingerprint density at radius 3 is 2.41 bits per heavy atom. The van der Waals surface area contributed by atoms with E-state index in [1.807, 2.05) is 24.3 Å². The van der Waals surface area contributed by atoms with E-state index >= 15 is 0 Å². The zero-order chi connectivity index (χ0) is 15.2. The van der Waals surface area contributed by atoms with Gasteiger partial charge in [0.15, 0.2) is 17.5 Å². The molecule has 6 heteroatoms. The number of aromatic hydroxyl groups is 1. The molecule has 0 saturated heterocycles. The van der Waals surface area contributed by atoms with Gasteiger partial charge in [-0.3, -0.25) is 0 Å². The molecule has 118 valence electrons. The number of nitrogens with one attached hydrogen (secondary N) is 1. The van der Waals surface area contributed by atoms with E-state index in [0.29, 0.717) is 5.56 Å². The Kier molecular flexibility index (Phi) is 7.10. The lowest BCUT2D eigenvalue weighted by Crippen LogP contribution is -2.22. The maximum atomic E-state index is 13.2. The van der Waals surface area contributed by atoms with Crippen LogP contribution in [-0.4, -0.2) is 11.1 Å². The molecule has 0 heterocycles. The molecule has 0 spiro atoms. The summed E-state index contributed by atoms with van der Waals surface area (Å²) in [6.07, 6.45) is 0.982. The Morgan fingerprint density at radius 1 is 1.18 bits per heavy atom. The largest absolute Gasteiger partial charge is 0.505 e. The monoisotopic (exact) mass is 415 g/mol. The normalized spacial score (nSPS) is 10.9. The lowest BCUT2D eigenvalue weighted by molar-refractivity contribution is 0.432. The van der Waals surface area contributed by atoms with Crippen LogP contribution >= 0.6 is 24.0 Å². The first-order valence-corrected chi connectivity index (χ1v) is 6.71. The maximum absolute atomic E-state index is 13.2. The van der Waals surface area contributed by atoms with E-state index in [0.717, 1.165) is 12.1 Å². The summed E-state index contributed by atoms with van der Waals surface area (Å²) < 4.78 is 13.2. The molecule has 4 N–H and O–H groups in total. The number of aliphatic imine (C=N–C) groups is 1. The van der Waals surface area contributed by atoms with Crippen LogP contribution in [0.4, 0.5) is 10.1 Å². The van der Waals surface area contributed by atoms with E-state index in [1.165, 1.54) is 17.7 Å². The minimum atomic E-state index is -0.663. The van der Waals surface area contributed by atoms with Crippen molar-refractivity contribution in [2.24, 2.45) is 10.7 Å². The smallest absolute Gasteiger partial charge is 0.193 e. The first-order valence-electron chi connectivity index (χ1n) is 6.71. The lowest BCUT2D eigenvalue weighted by atomic mass is 10.1. The zero-order valence-electron chi connectivity index (χ0n) is 12.2. The standard InChI is InChI=1S/C16H18FN3O.HI/c1-2-11-3-6-13(7-4-11)20-16(18)19-10-12-5-8-15(21)14(17)9-12;/h3-9,21H,2,10H2,1H3,(H3,18,19,20);1H. The summed E-state index contributed by atoms with van der Waals surface area (Å²) in [7, 11) is 0. The highest BCUT2D eigenvalue weighted by molar-refractivity contribution is 14.0. The number of benzene rings is 2. The quantitative estimate of drug-likeness (QED) is 0.406. The molecule has 0 aliphatic rings. The highest BCUT2D eigenvalue weighted by atomic mass is 127. The number of guanidine groups is 1. The first kappa shape index (κ1) is 18.2. The van der Waals surface area contributed by atoms with Gasteiger partial charge in [-0.1, -0.05) is 25.1 Å². The Morgan fingerprint density at radius 2 is 1.82 bits per heavy atom. The van der Waals surface area contributed by atoms with Gasteiger partial charge >= 0.3 is 0 Å². The second-order valence-corrected chi connectivity index (χ2v) is 4.66. The SMILES string of the molecule is CCc1ccc(NC(N)=NCc2ccc(O)c(F)c2)cc1.I. The summed E-state index contributed by atoms with van der Waals surface area (Å²) in [5.74, 6) is -0.776. The third kappa shape index (κ3) is 5.18. The van der Waals surface area contributed by atoms with Crippen LogP contribution in [0.2, 0.25) is 0 Å². The first-order chi connectivity index (χ1) is 10.1. The van der Waals surface area contributed by atoms with Crippen molar-refractivity contribution in [3.63, 3.8) is 0 Å². The van der Waals surface area contributed by atoms with Crippen molar-refractivity contribution in [3.05, 3.63) is 59.4 Å². The number of phenolic OH excluding ortho intramolecular Hbond substituents is 1. The van der Waals surface area contributed by atoms with Crippen LogP contribution in [0, 0.1) is 5.82 Å². The topological polar surface area (TPSA) is 70.6 Å². The summed E-state index contributed by atoms with van der Waals surface area (Å²) in [5.41, 5.74) is 8.52. The van der Waals surface area contributed by atoms with Crippen LogP contribution in [0.5, 0.6) is 5.75 Å². The van der Waals surface area contributed by atoms with Crippen LogP contribution < -0.4 is 11.1 Å². The molecule has 2 rings (SSSR count). The van der Waals surface area contributed by atoms with Crippen molar-refractivity contribution in [1.29, 1.82) is 0 Å². The number of anilines is 1. The van der Waals surface area contributed by atoms with Gasteiger partial charge in [0.1, 0.15) is 0 Å². The van der Waals surface area contributed by atoms with E-state index in [2.05, 4.69) is 17.2 Å². The Balaban J connectivity index is 0.00000242. The van der Waals surface area contributed by atoms with Crippen molar-refractivity contribution in [2.75, 3.05) is 5.32 Å². The van der Waals surface area contributed by atoms with Crippen molar-refractivity contribution < 1.29 is 9.50 Å². The minimum Gasteiger partial charge on any atom is -0.505 e. The van der Waals surface area contributed by atoms with E-state index in [4.69, 9.17) is 10.8 Å². The summed E-state index contributed by atoms with van der Waals surface area (Å²) in [4.78, 5) is 4.14. The van der Waals surface area contributed by atoms with E-state index in [9.17, 15) is 4.39 Å². The highest BCUT2D eigenvalue weighted by Crippen LogP contribution is 2.16. The molecule has 0 saturated carbocycles. The highest BCUT2D eigenvalue weighted by Gasteiger charge is 2.01. The number of nitrogens with two attached hydrogens (primary N) is 1. The molecule has 0 radical (unpaired) electrons. The maximum Gasteiger partial charge on any atom is 0.193 e. The molecule has 0 aliphatic heterocycles. The van der Waals surface area contributed by atoms with Crippen LogP contribution in [0.15, 0.2) is 47.5 Å². The van der Waals surface area contributed by atoms with Crippen molar-refractivity contribution >= 4 is 35.6 Å². The van der Waals surface area contributed by atoms with Gasteiger partial charge in [-0.25, -0.2) is 9.38 Å². The van der Waals surface area contributed by atoms with E-state index in [-0.39, 0.29) is 42.2 Å². The summed E-state index contributed by atoms with van der Waals surface area (Å²) in [6.45, 7) is 2.33. The number of nitrogens with zero attached hydrogens (tertiary/aromatic N) is 1. The molecule has 0 bridgehead atoms. The third-order valence-electron chi connectivity index (χ3n) is 3.08. The van der Waals surface area contributed by atoms with Crippen LogP contribution in [0.3, 0.4) is 0 Å². The van der Waals surface area contributed by atoms with Gasteiger partial charge in [0.2, 0.25) is 0 Å². The Bertz CT molecular complexity index is 644. The van der Waals surface area contributed by atoms with Crippen molar-refractivity contribution in [3.8, 4) is 5.75 Å². The number of phenols is 1. The number of aryl methyl sites for hydroxylation is 1. The van der Waals surface area contributed by atoms with Crippen molar-refractivity contribution in [1.82, 2.24) is 0 Å². The summed E-state index contributed by atoms with van der Waals surface area (Å²) >= 11 is 0. The molecule has 2 aromatic carbocycles. The van der Waals surface area contributed by atoms with Gasteiger partial charge in [-0.2, -0.15) is 0 Å². The zero-order valence-corrected chi connectivity index (χ0v) is 14.5. The molecule has 0 amide bonds. The molecule has 2 aromatic rings. The molecule has 22 heavy (non-hydrogen) atoms. The van der Waals surface area contributed by atoms with Gasteiger partial charge in [-0.15, -0.1) is 24.0 Å². The molecular weight excluding hydrogens is 396 g/mol. The average Bonchev–Trinajstić information content (AvgIpc) is 2.49. The van der Waals surface area contributed by atoms with Crippen LogP contribution in [-0.2, 0) is 13.0 Å². The molecule has 0 unspecified atom stereocenters.